The van der Waals surface area contributed by atoms with Crippen molar-refractivity contribution in [3.8, 4) is 0 Å². The van der Waals surface area contributed by atoms with Gasteiger partial charge in [0.2, 0.25) is 0 Å². The molecule has 0 spiro atoms. The summed E-state index contributed by atoms with van der Waals surface area (Å²) >= 11 is 0. The third kappa shape index (κ3) is 22.4. The molecule has 0 saturated heterocycles. The summed E-state index contributed by atoms with van der Waals surface area (Å²) in [6.45, 7) is 19.5. The van der Waals surface area contributed by atoms with Crippen LogP contribution in [0.4, 0.5) is 0 Å². The number of nitrogens with zero attached hydrogens (tertiary/aromatic N) is 12. The van der Waals surface area contributed by atoms with Crippen LogP contribution in [0.25, 0.3) is 64.8 Å². The topological polar surface area (TPSA) is 297 Å². The Morgan fingerprint density at radius 1 is 0.292 bits per heavy atom. The van der Waals surface area contributed by atoms with Gasteiger partial charge in [0.25, 0.3) is 23.6 Å². The Morgan fingerprint density at radius 3 is 0.986 bits per heavy atom. The molecule has 0 fully saturated rings. The molecule has 13 aromatic carbocycles. The molecule has 9 heterocycles. The van der Waals surface area contributed by atoms with E-state index in [0.29, 0.717) is 101 Å². The van der Waals surface area contributed by atoms with Gasteiger partial charge in [0.15, 0.2) is 22.8 Å². The fraction of sp³-hybridized carbons (Fsp3) is 0.277. The van der Waals surface area contributed by atoms with Crippen molar-refractivity contribution < 1.29 is 39.6 Å². The molecule has 9 N–H and O–H groups in total. The van der Waals surface area contributed by atoms with E-state index in [1.165, 1.54) is 60.6 Å². The minimum absolute atomic E-state index is 0.00230. The summed E-state index contributed by atoms with van der Waals surface area (Å²) in [5.41, 5.74) is 24.5. The van der Waals surface area contributed by atoms with Gasteiger partial charge in [-0.25, -0.2) is 0 Å². The highest BCUT2D eigenvalue weighted by Gasteiger charge is 2.34. The van der Waals surface area contributed by atoms with E-state index in [1.54, 1.807) is 0 Å². The Morgan fingerprint density at radius 2 is 0.604 bits per heavy atom. The van der Waals surface area contributed by atoms with Gasteiger partial charge in [0.05, 0.1) is 52.6 Å². The second-order valence-electron chi connectivity index (χ2n) is 38.0. The average Bonchev–Trinajstić information content (AvgIpc) is 1.65. The number of aliphatic hydroxyl groups is 4. The van der Waals surface area contributed by atoms with E-state index in [-0.39, 0.29) is 50.1 Å². The van der Waals surface area contributed by atoms with E-state index in [2.05, 4.69) is 281 Å². The SMILES string of the molecule is Cc1ccc(CCN2CCc3c(c(C(=O)NCc4cccc5ccccc45)nn3CCO)C2)cc1.Cc1ccc(CN2CCc3c(c(C(=O)NCc4cccc5ccccc45)nn3CCO)C2)c2ccccc12.Cc1cccc2c(CN3CCc4c(c(C(=O)NCc5cccc6ccccc56)nn4CCO)C3)c[nH]c12.O=C(NCc1cccc2ccccc12)c1nn(CCO)c2c1CN(CCc1ccccc1)CC2. The van der Waals surface area contributed by atoms with Gasteiger partial charge in [0, 0.05) is 193 Å². The zero-order valence-corrected chi connectivity index (χ0v) is 82.1. The molecule has 0 aliphatic carbocycles. The van der Waals surface area contributed by atoms with Crippen molar-refractivity contribution in [2.45, 2.75) is 151 Å². The van der Waals surface area contributed by atoms with Crippen molar-refractivity contribution in [3.63, 3.8) is 0 Å². The second kappa shape index (κ2) is 46.0. The van der Waals surface area contributed by atoms with Gasteiger partial charge in [-0.3, -0.25) is 57.5 Å². The molecule has 0 saturated carbocycles. The molecule has 4 amide bonds. The van der Waals surface area contributed by atoms with Crippen molar-refractivity contribution in [2.24, 2.45) is 0 Å². The molecule has 734 valence electrons. The molecule has 0 unspecified atom stereocenters. The molecule has 22 rings (SSSR count). The van der Waals surface area contributed by atoms with E-state index in [9.17, 15) is 39.6 Å². The number of aryl methyl sites for hydroxylation is 3. The second-order valence-corrected chi connectivity index (χ2v) is 38.0. The van der Waals surface area contributed by atoms with Crippen LogP contribution in [-0.2, 0) is 130 Å². The Balaban J connectivity index is 0.000000122. The van der Waals surface area contributed by atoms with Crippen LogP contribution in [0.1, 0.15) is 148 Å². The fourth-order valence-electron chi connectivity index (χ4n) is 21.1. The molecule has 25 nitrogen and oxygen atoms in total. The smallest absolute Gasteiger partial charge is 0.272 e. The van der Waals surface area contributed by atoms with Gasteiger partial charge in [-0.2, -0.15) is 20.4 Å². The molecular formula is C119H125N17O8. The van der Waals surface area contributed by atoms with Crippen molar-refractivity contribution in [2.75, 3.05) is 65.7 Å². The average molecular weight is 1920 g/mol. The van der Waals surface area contributed by atoms with Crippen molar-refractivity contribution in [1.82, 2.24) is 85.0 Å². The van der Waals surface area contributed by atoms with Gasteiger partial charge >= 0.3 is 0 Å². The fourth-order valence-corrected chi connectivity index (χ4v) is 21.1. The first-order valence-electron chi connectivity index (χ1n) is 50.4. The first-order chi connectivity index (χ1) is 70.6. The molecule has 0 bridgehead atoms. The Labute approximate surface area is 838 Å². The number of carbonyl (C=O) groups is 4. The monoisotopic (exact) mass is 1920 g/mol. The molecular weight excluding hydrogens is 1800 g/mol. The van der Waals surface area contributed by atoms with Crippen LogP contribution >= 0.6 is 0 Å². The number of aromatic nitrogens is 9. The van der Waals surface area contributed by atoms with Gasteiger partial charge < -0.3 is 46.7 Å². The normalized spacial score (nSPS) is 13.7. The lowest BCUT2D eigenvalue weighted by Gasteiger charge is -2.28. The molecule has 5 aromatic heterocycles. The minimum atomic E-state index is -0.176. The zero-order valence-electron chi connectivity index (χ0n) is 82.1. The Hall–Kier alpha value is -14.9. The highest BCUT2D eigenvalue weighted by molar-refractivity contribution is 5.98. The molecule has 4 aliphatic rings. The predicted octanol–water partition coefficient (Wildman–Crippen LogP) is 16.7. The third-order valence-electron chi connectivity index (χ3n) is 28.7. The lowest BCUT2D eigenvalue weighted by Crippen LogP contribution is -2.34. The van der Waals surface area contributed by atoms with Gasteiger partial charge in [-0.1, -0.05) is 285 Å². The van der Waals surface area contributed by atoms with Crippen LogP contribution in [0.2, 0.25) is 0 Å². The number of hydrogen-bond acceptors (Lipinski definition) is 16. The maximum Gasteiger partial charge on any atom is 0.272 e. The van der Waals surface area contributed by atoms with Crippen LogP contribution in [0.15, 0.2) is 285 Å². The number of para-hydroxylation sites is 1. The van der Waals surface area contributed by atoms with E-state index < -0.39 is 0 Å². The number of aromatic amines is 1. The number of amides is 4. The first-order valence-corrected chi connectivity index (χ1v) is 50.4. The maximum atomic E-state index is 13.5. The summed E-state index contributed by atoms with van der Waals surface area (Å²) in [6.07, 6.45) is 7.29. The van der Waals surface area contributed by atoms with E-state index >= 15 is 0 Å². The summed E-state index contributed by atoms with van der Waals surface area (Å²) in [5, 5.41) is 82.3. The minimum Gasteiger partial charge on any atom is -0.394 e. The number of rotatable bonds is 30. The van der Waals surface area contributed by atoms with E-state index in [4.69, 9.17) is 0 Å². The highest BCUT2D eigenvalue weighted by atomic mass is 16.3. The summed E-state index contributed by atoms with van der Waals surface area (Å²) in [4.78, 5) is 66.4. The number of nitrogens with one attached hydrogen (secondary N) is 5. The number of fused-ring (bicyclic) bond motifs is 10. The molecule has 144 heavy (non-hydrogen) atoms. The van der Waals surface area contributed by atoms with Crippen LogP contribution in [-0.4, -0.2) is 173 Å². The largest absolute Gasteiger partial charge is 0.394 e. The van der Waals surface area contributed by atoms with Crippen LogP contribution in [0.3, 0.4) is 0 Å². The Kier molecular flexibility index (Phi) is 31.3. The van der Waals surface area contributed by atoms with Crippen LogP contribution in [0, 0.1) is 20.8 Å². The zero-order chi connectivity index (χ0) is 98.9. The molecule has 18 aromatic rings. The quantitative estimate of drug-likeness (QED) is 0.0202. The first kappa shape index (κ1) is 97.9. The number of aliphatic hydroxyl groups excluding tert-OH is 4. The molecule has 0 radical (unpaired) electrons. The number of carbonyl (C=O) groups excluding carboxylic acids is 4. The lowest BCUT2D eigenvalue weighted by molar-refractivity contribution is 0.0934. The Bertz CT molecular complexity index is 7600. The number of H-pyrrole nitrogens is 1. The summed E-state index contributed by atoms with van der Waals surface area (Å²) < 4.78 is 7.27. The van der Waals surface area contributed by atoms with Crippen LogP contribution < -0.4 is 21.3 Å². The van der Waals surface area contributed by atoms with Crippen LogP contribution in [0.5, 0.6) is 0 Å². The number of benzene rings is 13. The van der Waals surface area contributed by atoms with E-state index in [1.807, 2.05) is 110 Å². The standard InChI is InChI=1S/C32H32N4O2.C30H31N5O2.C29H32N4O2.C28H30N4O2/c1-22-13-14-25(28-12-5-4-10-26(22)28)20-35-16-15-30-29(21-35)31(34-36(30)17-18-37)32(38)33-19-24-9-6-8-23-7-2-3-11-27(23)24;1-20-6-4-11-25-23(17-31-28(20)25)18-34-13-12-27-26(19-34)29(33-35(27)14-15-36)30(37)32-16-22-9-5-8-21-7-2-3-10-24(21)22;1-21-9-11-22(12-10-21)13-15-32-16-14-27-26(20-32)28(31-33(27)17-18-34)29(35)30-19-24-7-4-6-23-5-2-3-8-25(23)24;33-18-17-32-26-14-16-31(15-13-21-7-2-1-3-8-21)20-25(26)27(30-32)28(34)29-19-23-11-6-10-22-9-4-5-12-24(22)23/h2-14,37H,15-21H2,1H3,(H,33,38);2-11,17,31,36H,12-16,18-19H2,1H3,(H,32,37);2-12,34H,13-20H2,1H3,(H,30,35);1-12,33H,13-20H2,(H,29,34). The molecule has 4 aliphatic heterocycles. The lowest BCUT2D eigenvalue weighted by atomic mass is 9.98. The maximum absolute atomic E-state index is 13.5. The van der Waals surface area contributed by atoms with Crippen molar-refractivity contribution >= 4 is 88.4 Å². The summed E-state index contributed by atoms with van der Waals surface area (Å²) in [5.74, 6) is -0.670. The van der Waals surface area contributed by atoms with Gasteiger partial charge in [-0.05, 0) is 143 Å². The van der Waals surface area contributed by atoms with Crippen molar-refractivity contribution in [3.05, 3.63) is 414 Å². The molecule has 0 atom stereocenters. The van der Waals surface area contributed by atoms with Gasteiger partial charge in [0.1, 0.15) is 0 Å². The molecule has 25 heteroatoms. The van der Waals surface area contributed by atoms with Gasteiger partial charge in [-0.15, -0.1) is 0 Å². The van der Waals surface area contributed by atoms with E-state index in [0.717, 1.165) is 201 Å². The third-order valence-corrected chi connectivity index (χ3v) is 28.7. The number of hydrogen-bond donors (Lipinski definition) is 9. The summed E-state index contributed by atoms with van der Waals surface area (Å²) in [7, 11) is 0. The highest BCUT2D eigenvalue weighted by Crippen LogP contribution is 2.34. The summed E-state index contributed by atoms with van der Waals surface area (Å²) in [6, 6.07) is 96.0. The predicted molar refractivity (Wildman–Crippen MR) is 568 cm³/mol. The van der Waals surface area contributed by atoms with Crippen molar-refractivity contribution in [1.29, 1.82) is 0 Å².